The average Bonchev–Trinajstić information content (AvgIpc) is 2.69. The van der Waals surface area contributed by atoms with Crippen LogP contribution in [-0.4, -0.2) is 23.3 Å². The van der Waals surface area contributed by atoms with E-state index >= 15 is 0 Å². The molecule has 2 rings (SSSR count). The highest BCUT2D eigenvalue weighted by Gasteiger charge is 2.53. The highest BCUT2D eigenvalue weighted by molar-refractivity contribution is 7.11. The molecular weight excluding hydrogens is 223 g/mol. The number of hydrogen-bond acceptors (Lipinski definition) is 5. The molecule has 1 aliphatic heterocycles. The topological polar surface area (TPSA) is 55.1 Å². The van der Waals surface area contributed by atoms with Crippen molar-refractivity contribution < 1.29 is 9.31 Å². The lowest BCUT2D eigenvalue weighted by molar-refractivity contribution is 0.00578. The van der Waals surface area contributed by atoms with Gasteiger partial charge in [0.1, 0.15) is 16.5 Å². The molecule has 0 radical (unpaired) electrons. The maximum Gasteiger partial charge on any atom is 0.516 e. The molecule has 0 saturated carbocycles. The monoisotopic (exact) mass is 236 g/mol. The molecule has 0 unspecified atom stereocenters. The minimum Gasteiger partial charge on any atom is -0.398 e. The van der Waals surface area contributed by atoms with Crippen LogP contribution in [0.1, 0.15) is 32.6 Å². The fraction of sp³-hybridized carbons (Fsp3) is 0.600. The maximum absolute atomic E-state index is 8.94. The van der Waals surface area contributed by atoms with Crippen molar-refractivity contribution in [3.05, 3.63) is 10.4 Å². The Morgan fingerprint density at radius 2 is 1.88 bits per heavy atom. The second-order valence-electron chi connectivity index (χ2n) is 4.77. The molecule has 0 aromatic carbocycles. The number of thiazole rings is 1. The lowest BCUT2D eigenvalue weighted by Crippen LogP contribution is -2.41. The van der Waals surface area contributed by atoms with E-state index in [1.54, 1.807) is 5.51 Å². The maximum atomic E-state index is 8.94. The lowest BCUT2D eigenvalue weighted by Gasteiger charge is -2.32. The van der Waals surface area contributed by atoms with Crippen LogP contribution in [0.3, 0.4) is 0 Å². The molecule has 0 atom stereocenters. The molecule has 1 aliphatic rings. The van der Waals surface area contributed by atoms with Crippen molar-refractivity contribution in [1.29, 1.82) is 5.26 Å². The molecule has 0 spiro atoms. The van der Waals surface area contributed by atoms with Crippen molar-refractivity contribution in [2.24, 2.45) is 0 Å². The molecular formula is C10H13BN2O2S. The Bertz CT molecular complexity index is 434. The van der Waals surface area contributed by atoms with Gasteiger partial charge < -0.3 is 9.31 Å². The third-order valence-electron chi connectivity index (χ3n) is 3.17. The van der Waals surface area contributed by atoms with Crippen LogP contribution in [0.25, 0.3) is 0 Å². The molecule has 0 bridgehead atoms. The van der Waals surface area contributed by atoms with E-state index < -0.39 is 18.3 Å². The summed E-state index contributed by atoms with van der Waals surface area (Å²) in [6.45, 7) is 7.91. The lowest BCUT2D eigenvalue weighted by atomic mass is 9.84. The summed E-state index contributed by atoms with van der Waals surface area (Å²) in [5.74, 6) is 0. The van der Waals surface area contributed by atoms with Crippen molar-refractivity contribution in [2.75, 3.05) is 0 Å². The standard InChI is InChI=1S/C10H13BN2O2S/c1-9(2)10(3,4)15-11(14-9)8-7(5-12)16-6-13-8/h6H,1-4H3. The summed E-state index contributed by atoms with van der Waals surface area (Å²) in [6, 6.07) is 2.10. The molecule has 1 saturated heterocycles. The minimum atomic E-state index is -0.536. The summed E-state index contributed by atoms with van der Waals surface area (Å²) < 4.78 is 11.6. The SMILES string of the molecule is CC1(C)OB(c2ncsc2C#N)OC1(C)C. The van der Waals surface area contributed by atoms with Crippen LogP contribution in [0.4, 0.5) is 0 Å². The van der Waals surface area contributed by atoms with E-state index in [1.165, 1.54) is 11.3 Å². The molecule has 1 aromatic heterocycles. The summed E-state index contributed by atoms with van der Waals surface area (Å²) >= 11 is 1.30. The van der Waals surface area contributed by atoms with Crippen LogP contribution < -0.4 is 5.59 Å². The zero-order valence-electron chi connectivity index (χ0n) is 9.77. The molecule has 1 aromatic rings. The normalized spacial score (nSPS) is 22.1. The van der Waals surface area contributed by atoms with Gasteiger partial charge in [0, 0.05) is 0 Å². The Morgan fingerprint density at radius 1 is 1.31 bits per heavy atom. The Morgan fingerprint density at radius 3 is 2.38 bits per heavy atom. The third-order valence-corrected chi connectivity index (χ3v) is 3.92. The van der Waals surface area contributed by atoms with Crippen LogP contribution in [0, 0.1) is 11.3 Å². The predicted octanol–water partition coefficient (Wildman–Crippen LogP) is 1.31. The van der Waals surface area contributed by atoms with Crippen LogP contribution >= 0.6 is 11.3 Å². The summed E-state index contributed by atoms with van der Waals surface area (Å²) in [6.07, 6.45) is 0. The fourth-order valence-corrected chi connectivity index (χ4v) is 2.06. The van der Waals surface area contributed by atoms with E-state index in [4.69, 9.17) is 14.6 Å². The first-order chi connectivity index (χ1) is 7.37. The third kappa shape index (κ3) is 1.65. The molecule has 0 N–H and O–H groups in total. The molecule has 84 valence electrons. The van der Waals surface area contributed by atoms with Crippen LogP contribution in [0.2, 0.25) is 0 Å². The van der Waals surface area contributed by atoms with Gasteiger partial charge in [0.25, 0.3) is 0 Å². The number of nitriles is 1. The van der Waals surface area contributed by atoms with E-state index in [0.717, 1.165) is 0 Å². The second kappa shape index (κ2) is 3.55. The Kier molecular flexibility index (Phi) is 2.57. The average molecular weight is 236 g/mol. The first-order valence-corrected chi connectivity index (χ1v) is 5.94. The zero-order valence-corrected chi connectivity index (χ0v) is 10.6. The van der Waals surface area contributed by atoms with Crippen molar-refractivity contribution in [2.45, 2.75) is 38.9 Å². The van der Waals surface area contributed by atoms with Gasteiger partial charge in [0.05, 0.1) is 16.7 Å². The summed E-state index contributed by atoms with van der Waals surface area (Å²) in [5.41, 5.74) is 1.44. The first kappa shape index (κ1) is 11.6. The van der Waals surface area contributed by atoms with Crippen molar-refractivity contribution >= 4 is 24.0 Å². The predicted molar refractivity (Wildman–Crippen MR) is 62.5 cm³/mol. The summed E-state index contributed by atoms with van der Waals surface area (Å²) in [4.78, 5) is 4.70. The zero-order chi connectivity index (χ0) is 12.0. The van der Waals surface area contributed by atoms with Gasteiger partial charge in [-0.15, -0.1) is 11.3 Å². The quantitative estimate of drug-likeness (QED) is 0.690. The second-order valence-corrected chi connectivity index (χ2v) is 5.62. The Labute approximate surface area is 99.4 Å². The summed E-state index contributed by atoms with van der Waals surface area (Å²) in [5, 5.41) is 8.94. The molecule has 0 amide bonds. The van der Waals surface area contributed by atoms with Gasteiger partial charge in [-0.05, 0) is 27.7 Å². The van der Waals surface area contributed by atoms with E-state index in [1.807, 2.05) is 27.7 Å². The van der Waals surface area contributed by atoms with Crippen LogP contribution in [0.5, 0.6) is 0 Å². The van der Waals surface area contributed by atoms with Crippen LogP contribution in [0.15, 0.2) is 5.51 Å². The fourth-order valence-electron chi connectivity index (χ4n) is 1.46. The van der Waals surface area contributed by atoms with E-state index in [2.05, 4.69) is 11.1 Å². The van der Waals surface area contributed by atoms with Gasteiger partial charge in [-0.25, -0.2) is 0 Å². The Balaban J connectivity index is 2.31. The van der Waals surface area contributed by atoms with Crippen molar-refractivity contribution in [3.63, 3.8) is 0 Å². The van der Waals surface area contributed by atoms with Gasteiger partial charge in [-0.2, -0.15) is 5.26 Å². The van der Waals surface area contributed by atoms with Gasteiger partial charge >= 0.3 is 7.12 Å². The van der Waals surface area contributed by atoms with Gasteiger partial charge in [-0.3, -0.25) is 4.98 Å². The first-order valence-electron chi connectivity index (χ1n) is 5.06. The van der Waals surface area contributed by atoms with Crippen molar-refractivity contribution in [3.8, 4) is 6.07 Å². The van der Waals surface area contributed by atoms with Crippen molar-refractivity contribution in [1.82, 2.24) is 4.98 Å². The highest BCUT2D eigenvalue weighted by atomic mass is 32.1. The van der Waals surface area contributed by atoms with E-state index in [0.29, 0.717) is 10.5 Å². The highest BCUT2D eigenvalue weighted by Crippen LogP contribution is 2.36. The number of rotatable bonds is 1. The number of aromatic nitrogens is 1. The molecule has 0 aliphatic carbocycles. The molecule has 6 heteroatoms. The molecule has 2 heterocycles. The van der Waals surface area contributed by atoms with Crippen LogP contribution in [-0.2, 0) is 9.31 Å². The smallest absolute Gasteiger partial charge is 0.398 e. The largest absolute Gasteiger partial charge is 0.516 e. The van der Waals surface area contributed by atoms with Gasteiger partial charge in [-0.1, -0.05) is 0 Å². The minimum absolute atomic E-state index is 0.395. The molecule has 4 nitrogen and oxygen atoms in total. The summed E-state index contributed by atoms with van der Waals surface area (Å²) in [7, 11) is -0.536. The van der Waals surface area contributed by atoms with Gasteiger partial charge in [0.2, 0.25) is 0 Å². The van der Waals surface area contributed by atoms with E-state index in [-0.39, 0.29) is 0 Å². The number of hydrogen-bond donors (Lipinski definition) is 0. The van der Waals surface area contributed by atoms with Gasteiger partial charge in [0.15, 0.2) is 0 Å². The molecule has 1 fully saturated rings. The van der Waals surface area contributed by atoms with E-state index in [9.17, 15) is 0 Å². The molecule has 16 heavy (non-hydrogen) atoms. The number of nitrogens with zero attached hydrogens (tertiary/aromatic N) is 2. The Hall–Kier alpha value is -0.895.